The van der Waals surface area contributed by atoms with Gasteiger partial charge in [0.05, 0.1) is 10.0 Å². The summed E-state index contributed by atoms with van der Waals surface area (Å²) in [6.45, 7) is 4.00. The molecule has 0 radical (unpaired) electrons. The van der Waals surface area contributed by atoms with E-state index in [-0.39, 0.29) is 11.7 Å². The first-order valence-corrected chi connectivity index (χ1v) is 6.84. The molecule has 0 aliphatic rings. The lowest BCUT2D eigenvalue weighted by Gasteiger charge is -2.06. The topological polar surface area (TPSA) is 29.1 Å². The molecule has 0 spiro atoms. The van der Waals surface area contributed by atoms with Crippen molar-refractivity contribution in [1.29, 1.82) is 0 Å². The lowest BCUT2D eigenvalue weighted by molar-refractivity contribution is 0.102. The number of hydrogen-bond donors (Lipinski definition) is 1. The molecule has 0 aromatic heterocycles. The fourth-order valence-corrected chi connectivity index (χ4v) is 1.68. The quantitative estimate of drug-likeness (QED) is 0.789. The minimum atomic E-state index is -0.388. The smallest absolute Gasteiger partial charge is 0.255 e. The van der Waals surface area contributed by atoms with E-state index in [1.54, 1.807) is 18.2 Å². The van der Waals surface area contributed by atoms with Gasteiger partial charge in [0.15, 0.2) is 0 Å². The van der Waals surface area contributed by atoms with Crippen LogP contribution >= 0.6 is 23.2 Å². The van der Waals surface area contributed by atoms with Gasteiger partial charge in [0.25, 0.3) is 5.91 Å². The second kappa shape index (κ2) is 7.88. The highest BCUT2D eigenvalue weighted by Gasteiger charge is 2.07. The van der Waals surface area contributed by atoms with Crippen molar-refractivity contribution in [3.05, 3.63) is 63.9 Å². The summed E-state index contributed by atoms with van der Waals surface area (Å²) in [5, 5.41) is 3.41. The number of hydrogen-bond acceptors (Lipinski definition) is 1. The van der Waals surface area contributed by atoms with E-state index in [4.69, 9.17) is 23.2 Å². The largest absolute Gasteiger partial charge is 0.322 e. The third-order valence-electron chi connectivity index (χ3n) is 2.28. The summed E-state index contributed by atoms with van der Waals surface area (Å²) in [6, 6.07) is 10.0. The number of nitrogens with one attached hydrogen (secondary N) is 1. The highest BCUT2D eigenvalue weighted by molar-refractivity contribution is 6.42. The Balaban J connectivity index is 0.000000956. The van der Waals surface area contributed by atoms with E-state index >= 15 is 0 Å². The van der Waals surface area contributed by atoms with Crippen molar-refractivity contribution in [3.8, 4) is 0 Å². The molecule has 1 amide bonds. The van der Waals surface area contributed by atoms with Crippen LogP contribution in [0.5, 0.6) is 0 Å². The van der Waals surface area contributed by atoms with E-state index in [1.807, 2.05) is 13.8 Å². The van der Waals surface area contributed by atoms with Crippen LogP contribution in [0.1, 0.15) is 24.2 Å². The maximum atomic E-state index is 12.7. The third kappa shape index (κ3) is 4.51. The zero-order chi connectivity index (χ0) is 15.1. The Kier molecular flexibility index (Phi) is 6.49. The van der Waals surface area contributed by atoms with Gasteiger partial charge in [-0.05, 0) is 42.5 Å². The Hall–Kier alpha value is -1.58. The van der Waals surface area contributed by atoms with Gasteiger partial charge in [0.2, 0.25) is 0 Å². The van der Waals surface area contributed by atoms with E-state index in [1.165, 1.54) is 24.3 Å². The Bertz CT molecular complexity index is 585. The van der Waals surface area contributed by atoms with Crippen LogP contribution in [0, 0.1) is 5.82 Å². The standard InChI is InChI=1S/C13H8Cl2FNO.C2H6/c14-11-6-5-10(7-12(11)15)17-13(18)8-1-3-9(16)4-2-8;1-2/h1-7H,(H,17,18);1-2H3. The lowest BCUT2D eigenvalue weighted by atomic mass is 10.2. The molecule has 0 unspecified atom stereocenters. The molecular formula is C15H14Cl2FNO. The van der Waals surface area contributed by atoms with Crippen LogP contribution in [-0.4, -0.2) is 5.91 Å². The van der Waals surface area contributed by atoms with E-state index in [9.17, 15) is 9.18 Å². The predicted octanol–water partition coefficient (Wildman–Crippen LogP) is 5.41. The van der Waals surface area contributed by atoms with E-state index in [0.29, 0.717) is 21.3 Å². The van der Waals surface area contributed by atoms with Gasteiger partial charge in [-0.3, -0.25) is 4.79 Å². The summed E-state index contributed by atoms with van der Waals surface area (Å²) >= 11 is 11.6. The van der Waals surface area contributed by atoms with Crippen LogP contribution in [0.25, 0.3) is 0 Å². The molecule has 2 nitrogen and oxygen atoms in total. The Morgan fingerprint density at radius 1 is 1.00 bits per heavy atom. The van der Waals surface area contributed by atoms with Gasteiger partial charge in [0.1, 0.15) is 5.82 Å². The average Bonchev–Trinajstić information content (AvgIpc) is 2.46. The minimum absolute atomic E-state index is 0.339. The second-order valence-electron chi connectivity index (χ2n) is 3.59. The van der Waals surface area contributed by atoms with Crippen LogP contribution in [0.15, 0.2) is 42.5 Å². The van der Waals surface area contributed by atoms with Crippen molar-refractivity contribution in [2.75, 3.05) is 5.32 Å². The monoisotopic (exact) mass is 313 g/mol. The Labute approximate surface area is 127 Å². The first-order chi connectivity index (χ1) is 9.56. The maximum Gasteiger partial charge on any atom is 0.255 e. The van der Waals surface area contributed by atoms with Crippen molar-refractivity contribution < 1.29 is 9.18 Å². The van der Waals surface area contributed by atoms with Crippen molar-refractivity contribution in [2.45, 2.75) is 13.8 Å². The van der Waals surface area contributed by atoms with Gasteiger partial charge in [-0.25, -0.2) is 4.39 Å². The summed E-state index contributed by atoms with van der Waals surface area (Å²) < 4.78 is 12.7. The van der Waals surface area contributed by atoms with Gasteiger partial charge >= 0.3 is 0 Å². The number of anilines is 1. The van der Waals surface area contributed by atoms with Crippen LogP contribution in [-0.2, 0) is 0 Å². The zero-order valence-corrected chi connectivity index (χ0v) is 12.6. The fourth-order valence-electron chi connectivity index (χ4n) is 1.38. The molecule has 2 rings (SSSR count). The molecule has 0 bridgehead atoms. The van der Waals surface area contributed by atoms with E-state index in [2.05, 4.69) is 5.32 Å². The van der Waals surface area contributed by atoms with Gasteiger partial charge in [-0.2, -0.15) is 0 Å². The molecular weight excluding hydrogens is 300 g/mol. The van der Waals surface area contributed by atoms with E-state index in [0.717, 1.165) is 0 Å². The Morgan fingerprint density at radius 2 is 1.60 bits per heavy atom. The van der Waals surface area contributed by atoms with Crippen molar-refractivity contribution in [2.24, 2.45) is 0 Å². The summed E-state index contributed by atoms with van der Waals surface area (Å²) in [6.07, 6.45) is 0. The highest BCUT2D eigenvalue weighted by Crippen LogP contribution is 2.25. The van der Waals surface area contributed by atoms with Crippen LogP contribution in [0.2, 0.25) is 10.0 Å². The molecule has 0 heterocycles. The summed E-state index contributed by atoms with van der Waals surface area (Å²) in [5.41, 5.74) is 0.890. The Morgan fingerprint density at radius 3 is 2.15 bits per heavy atom. The number of carbonyl (C=O) groups is 1. The van der Waals surface area contributed by atoms with Gasteiger partial charge < -0.3 is 5.32 Å². The molecule has 0 saturated heterocycles. The van der Waals surface area contributed by atoms with E-state index < -0.39 is 0 Å². The zero-order valence-electron chi connectivity index (χ0n) is 11.1. The normalized spacial score (nSPS) is 9.45. The number of rotatable bonds is 2. The average molecular weight is 314 g/mol. The summed E-state index contributed by atoms with van der Waals surface area (Å²) in [7, 11) is 0. The maximum absolute atomic E-state index is 12.7. The molecule has 0 saturated carbocycles. The highest BCUT2D eigenvalue weighted by atomic mass is 35.5. The second-order valence-corrected chi connectivity index (χ2v) is 4.40. The molecule has 0 aliphatic heterocycles. The van der Waals surface area contributed by atoms with Crippen molar-refractivity contribution in [1.82, 2.24) is 0 Å². The van der Waals surface area contributed by atoms with Gasteiger partial charge in [0, 0.05) is 11.3 Å². The summed E-state index contributed by atoms with van der Waals surface area (Å²) in [4.78, 5) is 11.8. The van der Waals surface area contributed by atoms with Gasteiger partial charge in [-0.1, -0.05) is 37.0 Å². The molecule has 2 aromatic rings. The lowest BCUT2D eigenvalue weighted by Crippen LogP contribution is -2.11. The molecule has 20 heavy (non-hydrogen) atoms. The number of amides is 1. The first-order valence-electron chi connectivity index (χ1n) is 6.08. The molecule has 0 fully saturated rings. The van der Waals surface area contributed by atoms with Crippen molar-refractivity contribution >= 4 is 34.8 Å². The third-order valence-corrected chi connectivity index (χ3v) is 3.02. The van der Waals surface area contributed by atoms with Crippen LogP contribution in [0.3, 0.4) is 0 Å². The number of carbonyl (C=O) groups excluding carboxylic acids is 1. The molecule has 106 valence electrons. The van der Waals surface area contributed by atoms with Gasteiger partial charge in [-0.15, -0.1) is 0 Å². The number of benzene rings is 2. The molecule has 0 atom stereocenters. The SMILES string of the molecule is CC.O=C(Nc1ccc(Cl)c(Cl)c1)c1ccc(F)cc1. The molecule has 0 aliphatic carbocycles. The molecule has 2 aromatic carbocycles. The van der Waals surface area contributed by atoms with Crippen LogP contribution in [0.4, 0.5) is 10.1 Å². The summed E-state index contributed by atoms with van der Waals surface area (Å²) in [5.74, 6) is -0.727. The van der Waals surface area contributed by atoms with Crippen molar-refractivity contribution in [3.63, 3.8) is 0 Å². The molecule has 5 heteroatoms. The molecule has 1 N–H and O–H groups in total. The predicted molar refractivity (Wildman–Crippen MR) is 82.2 cm³/mol. The van der Waals surface area contributed by atoms with Crippen LogP contribution < -0.4 is 5.32 Å². The number of halogens is 3. The minimum Gasteiger partial charge on any atom is -0.322 e. The fraction of sp³-hybridized carbons (Fsp3) is 0.133. The first kappa shape index (κ1) is 16.5.